The van der Waals surface area contributed by atoms with E-state index in [0.717, 1.165) is 16.7 Å². The second kappa shape index (κ2) is 5.81. The van der Waals surface area contributed by atoms with E-state index in [2.05, 4.69) is 10.3 Å². The number of hydrogen-bond acceptors (Lipinski definition) is 4. The third-order valence-corrected chi connectivity index (χ3v) is 3.93. The van der Waals surface area contributed by atoms with E-state index in [1.54, 1.807) is 31.5 Å². The first-order valence-electron chi connectivity index (χ1n) is 7.61. The molecule has 4 rings (SSSR count). The van der Waals surface area contributed by atoms with E-state index in [0.29, 0.717) is 36.0 Å². The Morgan fingerprint density at radius 1 is 1.12 bits per heavy atom. The molecule has 0 fully saturated rings. The van der Waals surface area contributed by atoms with Crippen LogP contribution in [0, 0.1) is 0 Å². The molecule has 0 spiro atoms. The number of anilines is 1. The number of rotatable bonds is 3. The SMILES string of the molecule is COc1ccc2c(C(=O)Nc3ccc4c(c3)OCCO4)c[nH]c2c1. The van der Waals surface area contributed by atoms with Gasteiger partial charge in [-0.15, -0.1) is 0 Å². The van der Waals surface area contributed by atoms with Gasteiger partial charge in [0.15, 0.2) is 11.5 Å². The third-order valence-electron chi connectivity index (χ3n) is 3.93. The van der Waals surface area contributed by atoms with Gasteiger partial charge in [-0.25, -0.2) is 0 Å². The number of H-pyrrole nitrogens is 1. The standard InChI is InChI=1S/C18H16N2O4/c1-22-12-3-4-13-14(10-19-15(13)9-12)18(21)20-11-2-5-16-17(8-11)24-7-6-23-16/h2-5,8-10,19H,6-7H2,1H3,(H,20,21). The Balaban J connectivity index is 1.60. The number of methoxy groups -OCH3 is 1. The van der Waals surface area contributed by atoms with Crippen molar-refractivity contribution in [3.05, 3.63) is 48.2 Å². The van der Waals surface area contributed by atoms with Crippen molar-refractivity contribution in [2.45, 2.75) is 0 Å². The molecule has 2 heterocycles. The largest absolute Gasteiger partial charge is 0.497 e. The molecular weight excluding hydrogens is 308 g/mol. The summed E-state index contributed by atoms with van der Waals surface area (Å²) in [5.74, 6) is 1.88. The van der Waals surface area contributed by atoms with E-state index in [-0.39, 0.29) is 5.91 Å². The summed E-state index contributed by atoms with van der Waals surface area (Å²) in [7, 11) is 1.61. The molecule has 2 N–H and O–H groups in total. The molecule has 0 radical (unpaired) electrons. The molecule has 24 heavy (non-hydrogen) atoms. The lowest BCUT2D eigenvalue weighted by atomic mass is 10.1. The fourth-order valence-corrected chi connectivity index (χ4v) is 2.74. The number of hydrogen-bond donors (Lipinski definition) is 2. The topological polar surface area (TPSA) is 72.6 Å². The maximum atomic E-state index is 12.6. The minimum absolute atomic E-state index is 0.192. The summed E-state index contributed by atoms with van der Waals surface area (Å²) in [6.45, 7) is 1.05. The summed E-state index contributed by atoms with van der Waals surface area (Å²) in [6.07, 6.45) is 1.69. The molecular formula is C18H16N2O4. The van der Waals surface area contributed by atoms with Crippen molar-refractivity contribution in [2.24, 2.45) is 0 Å². The molecule has 0 saturated carbocycles. The third kappa shape index (κ3) is 2.52. The Labute approximate surface area is 138 Å². The normalized spacial score (nSPS) is 12.9. The molecule has 1 aliphatic rings. The first kappa shape index (κ1) is 14.4. The average Bonchev–Trinajstić information content (AvgIpc) is 3.04. The molecule has 1 aromatic heterocycles. The van der Waals surface area contributed by atoms with Crippen molar-refractivity contribution in [2.75, 3.05) is 25.6 Å². The van der Waals surface area contributed by atoms with Gasteiger partial charge in [-0.1, -0.05) is 0 Å². The Morgan fingerprint density at radius 2 is 1.96 bits per heavy atom. The Bertz CT molecular complexity index is 917. The quantitative estimate of drug-likeness (QED) is 0.776. The zero-order chi connectivity index (χ0) is 16.5. The van der Waals surface area contributed by atoms with Crippen molar-refractivity contribution in [1.29, 1.82) is 0 Å². The summed E-state index contributed by atoms with van der Waals surface area (Å²) in [5, 5.41) is 3.73. The van der Waals surface area contributed by atoms with Gasteiger partial charge in [0.25, 0.3) is 5.91 Å². The number of carbonyl (C=O) groups is 1. The molecule has 2 aromatic carbocycles. The lowest BCUT2D eigenvalue weighted by Crippen LogP contribution is -2.16. The van der Waals surface area contributed by atoms with Crippen LogP contribution in [0.25, 0.3) is 10.9 Å². The van der Waals surface area contributed by atoms with E-state index in [1.165, 1.54) is 0 Å². The van der Waals surface area contributed by atoms with Crippen molar-refractivity contribution in [3.8, 4) is 17.2 Å². The number of aromatic nitrogens is 1. The van der Waals surface area contributed by atoms with Gasteiger partial charge in [-0.2, -0.15) is 0 Å². The van der Waals surface area contributed by atoms with Crippen LogP contribution in [0.1, 0.15) is 10.4 Å². The highest BCUT2D eigenvalue weighted by Crippen LogP contribution is 2.33. The lowest BCUT2D eigenvalue weighted by Gasteiger charge is -2.18. The highest BCUT2D eigenvalue weighted by Gasteiger charge is 2.15. The summed E-state index contributed by atoms with van der Waals surface area (Å²) < 4.78 is 16.2. The molecule has 0 atom stereocenters. The summed E-state index contributed by atoms with van der Waals surface area (Å²) in [5.41, 5.74) is 2.08. The van der Waals surface area contributed by atoms with Crippen molar-refractivity contribution >= 4 is 22.5 Å². The van der Waals surface area contributed by atoms with Gasteiger partial charge in [0.2, 0.25) is 0 Å². The highest BCUT2D eigenvalue weighted by molar-refractivity contribution is 6.13. The monoisotopic (exact) mass is 324 g/mol. The summed E-state index contributed by atoms with van der Waals surface area (Å²) in [4.78, 5) is 15.7. The van der Waals surface area contributed by atoms with Crippen LogP contribution in [0.2, 0.25) is 0 Å². The number of amides is 1. The molecule has 1 aliphatic heterocycles. The van der Waals surface area contributed by atoms with Crippen molar-refractivity contribution in [1.82, 2.24) is 4.98 Å². The minimum Gasteiger partial charge on any atom is -0.497 e. The van der Waals surface area contributed by atoms with Crippen LogP contribution < -0.4 is 19.5 Å². The summed E-state index contributed by atoms with van der Waals surface area (Å²) >= 11 is 0. The van der Waals surface area contributed by atoms with Gasteiger partial charge >= 0.3 is 0 Å². The van der Waals surface area contributed by atoms with Gasteiger partial charge in [0.05, 0.1) is 12.7 Å². The highest BCUT2D eigenvalue weighted by atomic mass is 16.6. The van der Waals surface area contributed by atoms with Gasteiger partial charge in [-0.3, -0.25) is 4.79 Å². The maximum Gasteiger partial charge on any atom is 0.257 e. The van der Waals surface area contributed by atoms with Gasteiger partial charge in [0, 0.05) is 34.9 Å². The number of nitrogens with one attached hydrogen (secondary N) is 2. The van der Waals surface area contributed by atoms with Crippen molar-refractivity contribution in [3.63, 3.8) is 0 Å². The van der Waals surface area contributed by atoms with Crippen molar-refractivity contribution < 1.29 is 19.0 Å². The number of fused-ring (bicyclic) bond motifs is 2. The predicted octanol–water partition coefficient (Wildman–Crippen LogP) is 3.20. The fourth-order valence-electron chi connectivity index (χ4n) is 2.74. The average molecular weight is 324 g/mol. The molecule has 122 valence electrons. The number of benzene rings is 2. The van der Waals surface area contributed by atoms with Gasteiger partial charge in [-0.05, 0) is 24.3 Å². The fraction of sp³-hybridized carbons (Fsp3) is 0.167. The lowest BCUT2D eigenvalue weighted by molar-refractivity contribution is 0.102. The van der Waals surface area contributed by atoms with Crippen LogP contribution in [0.4, 0.5) is 5.69 Å². The van der Waals surface area contributed by atoms with E-state index < -0.39 is 0 Å². The molecule has 0 saturated heterocycles. The molecule has 6 nitrogen and oxygen atoms in total. The molecule has 3 aromatic rings. The van der Waals surface area contributed by atoms with Gasteiger partial charge in [0.1, 0.15) is 19.0 Å². The molecule has 0 aliphatic carbocycles. The van der Waals surface area contributed by atoms with E-state index in [1.807, 2.05) is 18.2 Å². The molecule has 1 amide bonds. The second-order valence-corrected chi connectivity index (χ2v) is 5.43. The summed E-state index contributed by atoms with van der Waals surface area (Å²) in [6, 6.07) is 10.9. The molecule has 6 heteroatoms. The maximum absolute atomic E-state index is 12.6. The van der Waals surface area contributed by atoms with Crippen LogP contribution >= 0.6 is 0 Å². The first-order valence-corrected chi connectivity index (χ1v) is 7.61. The minimum atomic E-state index is -0.192. The van der Waals surface area contributed by atoms with Crippen LogP contribution in [0.15, 0.2) is 42.6 Å². The first-order chi connectivity index (χ1) is 11.7. The van der Waals surface area contributed by atoms with Crippen LogP contribution in [0.3, 0.4) is 0 Å². The van der Waals surface area contributed by atoms with Gasteiger partial charge < -0.3 is 24.5 Å². The Kier molecular flexibility index (Phi) is 3.49. The number of carbonyl (C=O) groups excluding carboxylic acids is 1. The zero-order valence-electron chi connectivity index (χ0n) is 13.1. The second-order valence-electron chi connectivity index (χ2n) is 5.43. The number of ether oxygens (including phenoxy) is 3. The van der Waals surface area contributed by atoms with E-state index in [9.17, 15) is 4.79 Å². The Hall–Kier alpha value is -3.15. The zero-order valence-corrected chi connectivity index (χ0v) is 13.1. The smallest absolute Gasteiger partial charge is 0.257 e. The van der Waals surface area contributed by atoms with Crippen LogP contribution in [0.5, 0.6) is 17.2 Å². The van der Waals surface area contributed by atoms with E-state index >= 15 is 0 Å². The molecule has 0 unspecified atom stereocenters. The predicted molar refractivity (Wildman–Crippen MR) is 90.2 cm³/mol. The van der Waals surface area contributed by atoms with E-state index in [4.69, 9.17) is 14.2 Å². The number of aromatic amines is 1. The van der Waals surface area contributed by atoms with Crippen LogP contribution in [-0.2, 0) is 0 Å². The van der Waals surface area contributed by atoms with Crippen LogP contribution in [-0.4, -0.2) is 31.2 Å². The Morgan fingerprint density at radius 3 is 2.79 bits per heavy atom. The molecule has 0 bridgehead atoms.